The van der Waals surface area contributed by atoms with Gasteiger partial charge in [-0.25, -0.2) is 0 Å². The highest BCUT2D eigenvalue weighted by Gasteiger charge is 2.09. The van der Waals surface area contributed by atoms with Crippen LogP contribution in [0.5, 0.6) is 0 Å². The van der Waals surface area contributed by atoms with Crippen LogP contribution in [0.4, 0.5) is 5.69 Å². The van der Waals surface area contributed by atoms with Gasteiger partial charge in [-0.1, -0.05) is 12.1 Å². The quantitative estimate of drug-likeness (QED) is 0.608. The van der Waals surface area contributed by atoms with Crippen molar-refractivity contribution < 1.29 is 4.79 Å². The molecule has 2 heterocycles. The summed E-state index contributed by atoms with van der Waals surface area (Å²) in [6, 6.07) is 18.8. The van der Waals surface area contributed by atoms with Crippen LogP contribution in [0.3, 0.4) is 0 Å². The molecule has 23 heavy (non-hydrogen) atoms. The van der Waals surface area contributed by atoms with E-state index in [0.717, 1.165) is 27.5 Å². The number of aromatic nitrogens is 2. The third kappa shape index (κ3) is 2.51. The predicted octanol–water partition coefficient (Wildman–Crippen LogP) is 4.04. The molecular formula is C19H13N3O. The SMILES string of the molecule is O=C(Nc1cccc2ncccc12)c1ccc2ncccc2c1. The predicted molar refractivity (Wildman–Crippen MR) is 91.4 cm³/mol. The average Bonchev–Trinajstić information content (AvgIpc) is 2.61. The highest BCUT2D eigenvalue weighted by Crippen LogP contribution is 2.22. The monoisotopic (exact) mass is 299 g/mol. The number of fused-ring (bicyclic) bond motifs is 2. The van der Waals surface area contributed by atoms with Gasteiger partial charge in [0.15, 0.2) is 0 Å². The standard InChI is InChI=1S/C19H13N3O/c23-19(14-8-9-16-13(12-14)4-2-10-20-16)22-18-7-1-6-17-15(18)5-3-11-21-17/h1-12H,(H,22,23). The maximum absolute atomic E-state index is 12.5. The minimum Gasteiger partial charge on any atom is -0.321 e. The summed E-state index contributed by atoms with van der Waals surface area (Å²) in [6.07, 6.45) is 3.48. The first-order chi connectivity index (χ1) is 11.3. The summed E-state index contributed by atoms with van der Waals surface area (Å²) >= 11 is 0. The third-order valence-corrected chi connectivity index (χ3v) is 3.76. The van der Waals surface area contributed by atoms with Crippen molar-refractivity contribution in [3.05, 3.63) is 78.6 Å². The van der Waals surface area contributed by atoms with E-state index < -0.39 is 0 Å². The molecule has 2 aromatic carbocycles. The Bertz CT molecular complexity index is 1020. The van der Waals surface area contributed by atoms with Gasteiger partial charge in [-0.3, -0.25) is 14.8 Å². The second-order valence-corrected chi connectivity index (χ2v) is 5.24. The lowest BCUT2D eigenvalue weighted by Gasteiger charge is -2.09. The van der Waals surface area contributed by atoms with Crippen LogP contribution >= 0.6 is 0 Å². The Balaban J connectivity index is 1.70. The van der Waals surface area contributed by atoms with Crippen LogP contribution in [0.1, 0.15) is 10.4 Å². The Labute approximate surface area is 132 Å². The molecule has 4 nitrogen and oxygen atoms in total. The van der Waals surface area contributed by atoms with Crippen molar-refractivity contribution >= 4 is 33.4 Å². The molecule has 0 atom stereocenters. The third-order valence-electron chi connectivity index (χ3n) is 3.76. The van der Waals surface area contributed by atoms with E-state index >= 15 is 0 Å². The summed E-state index contributed by atoms with van der Waals surface area (Å²) < 4.78 is 0. The molecule has 4 heteroatoms. The Morgan fingerprint density at radius 2 is 1.65 bits per heavy atom. The van der Waals surface area contributed by atoms with E-state index in [4.69, 9.17) is 0 Å². The maximum Gasteiger partial charge on any atom is 0.255 e. The number of hydrogen-bond donors (Lipinski definition) is 1. The molecule has 110 valence electrons. The van der Waals surface area contributed by atoms with E-state index in [2.05, 4.69) is 15.3 Å². The lowest BCUT2D eigenvalue weighted by Crippen LogP contribution is -2.12. The molecule has 0 radical (unpaired) electrons. The normalized spacial score (nSPS) is 10.8. The van der Waals surface area contributed by atoms with Gasteiger partial charge >= 0.3 is 0 Å². The number of pyridine rings is 2. The average molecular weight is 299 g/mol. The first kappa shape index (κ1) is 13.4. The number of nitrogens with one attached hydrogen (secondary N) is 1. The number of anilines is 1. The summed E-state index contributed by atoms with van der Waals surface area (Å²) in [7, 11) is 0. The molecular weight excluding hydrogens is 286 g/mol. The minimum atomic E-state index is -0.146. The molecule has 0 aliphatic heterocycles. The zero-order valence-corrected chi connectivity index (χ0v) is 12.2. The van der Waals surface area contributed by atoms with Crippen LogP contribution in [-0.2, 0) is 0 Å². The molecule has 0 unspecified atom stereocenters. The molecule has 0 bridgehead atoms. The van der Waals surface area contributed by atoms with Gasteiger partial charge in [-0.2, -0.15) is 0 Å². The number of amides is 1. The van der Waals surface area contributed by atoms with Crippen LogP contribution in [0.15, 0.2) is 73.1 Å². The van der Waals surface area contributed by atoms with E-state index in [1.807, 2.05) is 54.6 Å². The Kier molecular flexibility index (Phi) is 3.20. The molecule has 0 fully saturated rings. The van der Waals surface area contributed by atoms with Crippen LogP contribution in [0.2, 0.25) is 0 Å². The molecule has 4 aromatic rings. The fourth-order valence-corrected chi connectivity index (χ4v) is 2.62. The van der Waals surface area contributed by atoms with Gasteiger partial charge in [-0.05, 0) is 48.5 Å². The van der Waals surface area contributed by atoms with Gasteiger partial charge in [0.2, 0.25) is 0 Å². The lowest BCUT2D eigenvalue weighted by molar-refractivity contribution is 0.102. The number of nitrogens with zero attached hydrogens (tertiary/aromatic N) is 2. The summed E-state index contributed by atoms with van der Waals surface area (Å²) in [5.41, 5.74) is 3.09. The topological polar surface area (TPSA) is 54.9 Å². The highest BCUT2D eigenvalue weighted by molar-refractivity contribution is 6.09. The summed E-state index contributed by atoms with van der Waals surface area (Å²) in [5, 5.41) is 4.83. The van der Waals surface area contributed by atoms with Gasteiger partial charge in [0.25, 0.3) is 5.91 Å². The van der Waals surface area contributed by atoms with E-state index in [-0.39, 0.29) is 5.91 Å². The fraction of sp³-hybridized carbons (Fsp3) is 0. The zero-order chi connectivity index (χ0) is 15.6. The van der Waals surface area contributed by atoms with Gasteiger partial charge in [0, 0.05) is 28.7 Å². The van der Waals surface area contributed by atoms with Gasteiger partial charge in [-0.15, -0.1) is 0 Å². The van der Waals surface area contributed by atoms with Crippen LogP contribution in [0, 0.1) is 0 Å². The molecule has 0 saturated carbocycles. The lowest BCUT2D eigenvalue weighted by atomic mass is 10.1. The maximum atomic E-state index is 12.5. The molecule has 1 N–H and O–H groups in total. The fourth-order valence-electron chi connectivity index (χ4n) is 2.62. The Morgan fingerprint density at radius 3 is 2.57 bits per heavy atom. The number of rotatable bonds is 2. The first-order valence-corrected chi connectivity index (χ1v) is 7.31. The van der Waals surface area contributed by atoms with Crippen molar-refractivity contribution in [2.45, 2.75) is 0 Å². The van der Waals surface area contributed by atoms with E-state index in [0.29, 0.717) is 5.56 Å². The number of benzene rings is 2. The van der Waals surface area contributed by atoms with Crippen LogP contribution in [0.25, 0.3) is 21.8 Å². The summed E-state index contributed by atoms with van der Waals surface area (Å²) in [6.45, 7) is 0. The second-order valence-electron chi connectivity index (χ2n) is 5.24. The van der Waals surface area contributed by atoms with Crippen molar-refractivity contribution in [2.24, 2.45) is 0 Å². The van der Waals surface area contributed by atoms with Crippen molar-refractivity contribution in [3.8, 4) is 0 Å². The molecule has 0 aliphatic rings. The van der Waals surface area contributed by atoms with Gasteiger partial charge in [0.1, 0.15) is 0 Å². The zero-order valence-electron chi connectivity index (χ0n) is 12.2. The van der Waals surface area contributed by atoms with E-state index in [1.54, 1.807) is 18.5 Å². The van der Waals surface area contributed by atoms with Gasteiger partial charge < -0.3 is 5.32 Å². The van der Waals surface area contributed by atoms with Crippen molar-refractivity contribution in [1.29, 1.82) is 0 Å². The van der Waals surface area contributed by atoms with Crippen LogP contribution < -0.4 is 5.32 Å². The summed E-state index contributed by atoms with van der Waals surface area (Å²) in [4.78, 5) is 21.1. The molecule has 4 rings (SSSR count). The molecule has 0 saturated heterocycles. The smallest absolute Gasteiger partial charge is 0.255 e. The minimum absolute atomic E-state index is 0.146. The van der Waals surface area contributed by atoms with E-state index in [9.17, 15) is 4.79 Å². The Morgan fingerprint density at radius 1 is 0.826 bits per heavy atom. The second kappa shape index (κ2) is 5.50. The van der Waals surface area contributed by atoms with Crippen molar-refractivity contribution in [3.63, 3.8) is 0 Å². The first-order valence-electron chi connectivity index (χ1n) is 7.31. The molecule has 0 aliphatic carbocycles. The summed E-state index contributed by atoms with van der Waals surface area (Å²) in [5.74, 6) is -0.146. The van der Waals surface area contributed by atoms with Gasteiger partial charge in [0.05, 0.1) is 16.7 Å². The number of hydrogen-bond acceptors (Lipinski definition) is 3. The Hall–Kier alpha value is -3.27. The highest BCUT2D eigenvalue weighted by atomic mass is 16.1. The molecule has 0 spiro atoms. The number of carbonyl (C=O) groups is 1. The largest absolute Gasteiger partial charge is 0.321 e. The van der Waals surface area contributed by atoms with Crippen molar-refractivity contribution in [2.75, 3.05) is 5.32 Å². The molecule has 1 amide bonds. The van der Waals surface area contributed by atoms with Crippen molar-refractivity contribution in [1.82, 2.24) is 9.97 Å². The molecule has 2 aromatic heterocycles. The van der Waals surface area contributed by atoms with E-state index in [1.165, 1.54) is 0 Å². The van der Waals surface area contributed by atoms with Crippen LogP contribution in [-0.4, -0.2) is 15.9 Å². The number of carbonyl (C=O) groups excluding carboxylic acids is 1.